The van der Waals surface area contributed by atoms with Crippen LogP contribution in [0.1, 0.15) is 12.8 Å². The van der Waals surface area contributed by atoms with Crippen LogP contribution in [0.2, 0.25) is 0 Å². The smallest absolute Gasteiger partial charge is 0.233 e. The van der Waals surface area contributed by atoms with Crippen LogP contribution in [0.4, 0.5) is 0 Å². The molecule has 0 saturated carbocycles. The van der Waals surface area contributed by atoms with Crippen LogP contribution < -0.4 is 0 Å². The first kappa shape index (κ1) is 14.0. The van der Waals surface area contributed by atoms with Crippen molar-refractivity contribution in [1.29, 1.82) is 0 Å². The number of carbonyl (C=O) groups is 2. The van der Waals surface area contributed by atoms with Crippen LogP contribution in [0.25, 0.3) is 0 Å². The first-order chi connectivity index (χ1) is 9.66. The molecule has 2 atom stereocenters. The fourth-order valence-corrected chi connectivity index (χ4v) is 3.44. The maximum Gasteiger partial charge on any atom is 0.233 e. The lowest BCUT2D eigenvalue weighted by Crippen LogP contribution is -2.43. The van der Waals surface area contributed by atoms with Gasteiger partial charge in [0.05, 0.1) is 25.0 Å². The van der Waals surface area contributed by atoms with E-state index in [0.717, 1.165) is 32.8 Å². The summed E-state index contributed by atoms with van der Waals surface area (Å²) in [6, 6.07) is 0. The maximum atomic E-state index is 12.3. The monoisotopic (exact) mass is 298 g/mol. The van der Waals surface area contributed by atoms with Crippen molar-refractivity contribution in [2.45, 2.75) is 12.8 Å². The van der Waals surface area contributed by atoms with Crippen LogP contribution >= 0.6 is 11.6 Å². The van der Waals surface area contributed by atoms with Gasteiger partial charge in [-0.3, -0.25) is 19.4 Å². The molecule has 2 amide bonds. The van der Waals surface area contributed by atoms with Gasteiger partial charge in [0.15, 0.2) is 0 Å². The Hall–Kier alpha value is -0.910. The number of halogens is 1. The van der Waals surface area contributed by atoms with Gasteiger partial charge in [0, 0.05) is 31.2 Å². The van der Waals surface area contributed by atoms with Gasteiger partial charge in [-0.25, -0.2) is 0 Å². The highest BCUT2D eigenvalue weighted by Gasteiger charge is 2.48. The predicted octanol–water partition coefficient (Wildman–Crippen LogP) is 0.836. The molecule has 0 spiro atoms. The summed E-state index contributed by atoms with van der Waals surface area (Å²) in [5, 5.41) is 0.711. The predicted molar refractivity (Wildman–Crippen MR) is 74.1 cm³/mol. The Morgan fingerprint density at radius 2 is 1.85 bits per heavy atom. The average molecular weight is 299 g/mol. The summed E-state index contributed by atoms with van der Waals surface area (Å²) < 4.78 is 5.29. The Balaban J connectivity index is 1.60. The minimum atomic E-state index is -0.232. The molecule has 0 aromatic heterocycles. The molecule has 3 aliphatic rings. The van der Waals surface area contributed by atoms with E-state index < -0.39 is 0 Å². The SMILES string of the molecule is O=C1[C@@H]2CC=C(Cl)C[C@H]2C(=O)N1CCN1CCOCC1. The third kappa shape index (κ3) is 2.62. The molecule has 2 aliphatic heterocycles. The highest BCUT2D eigenvalue weighted by molar-refractivity contribution is 6.30. The number of likely N-dealkylation sites (tertiary alicyclic amines) is 1. The molecule has 0 aromatic carbocycles. The van der Waals surface area contributed by atoms with Crippen molar-refractivity contribution in [1.82, 2.24) is 9.80 Å². The fourth-order valence-electron chi connectivity index (χ4n) is 3.18. The number of fused-ring (bicyclic) bond motifs is 1. The number of morpholine rings is 1. The fraction of sp³-hybridized carbons (Fsp3) is 0.714. The lowest BCUT2D eigenvalue weighted by Gasteiger charge is -2.28. The molecule has 0 radical (unpaired) electrons. The van der Waals surface area contributed by atoms with Crippen LogP contribution in [-0.4, -0.2) is 61.0 Å². The second-order valence-corrected chi connectivity index (χ2v) is 6.07. The van der Waals surface area contributed by atoms with Crippen molar-refractivity contribution in [3.8, 4) is 0 Å². The van der Waals surface area contributed by atoms with Crippen molar-refractivity contribution >= 4 is 23.4 Å². The summed E-state index contributed by atoms with van der Waals surface area (Å²) in [6.07, 6.45) is 2.99. The van der Waals surface area contributed by atoms with E-state index in [0.29, 0.717) is 24.4 Å². The Morgan fingerprint density at radius 1 is 1.15 bits per heavy atom. The third-order valence-corrected chi connectivity index (χ3v) is 4.71. The molecule has 0 unspecified atom stereocenters. The normalized spacial score (nSPS) is 31.4. The van der Waals surface area contributed by atoms with Crippen molar-refractivity contribution < 1.29 is 14.3 Å². The van der Waals surface area contributed by atoms with Gasteiger partial charge in [-0.1, -0.05) is 17.7 Å². The molecule has 2 heterocycles. The lowest BCUT2D eigenvalue weighted by atomic mass is 9.85. The number of rotatable bonds is 3. The average Bonchev–Trinajstić information content (AvgIpc) is 2.70. The van der Waals surface area contributed by atoms with E-state index >= 15 is 0 Å². The molecule has 5 nitrogen and oxygen atoms in total. The second kappa shape index (κ2) is 5.84. The van der Waals surface area contributed by atoms with Gasteiger partial charge in [-0.15, -0.1) is 0 Å². The number of hydrogen-bond donors (Lipinski definition) is 0. The Bertz CT molecular complexity index is 446. The molecule has 2 fully saturated rings. The van der Waals surface area contributed by atoms with Gasteiger partial charge < -0.3 is 4.74 Å². The van der Waals surface area contributed by atoms with Crippen LogP contribution in [0.5, 0.6) is 0 Å². The van der Waals surface area contributed by atoms with E-state index in [4.69, 9.17) is 16.3 Å². The van der Waals surface area contributed by atoms with E-state index in [9.17, 15) is 9.59 Å². The molecule has 0 bridgehead atoms. The third-order valence-electron chi connectivity index (χ3n) is 4.40. The maximum absolute atomic E-state index is 12.3. The topological polar surface area (TPSA) is 49.9 Å². The molecule has 110 valence electrons. The van der Waals surface area contributed by atoms with Crippen molar-refractivity contribution in [3.05, 3.63) is 11.1 Å². The molecule has 3 rings (SSSR count). The first-order valence-corrected chi connectivity index (χ1v) is 7.54. The van der Waals surface area contributed by atoms with Crippen LogP contribution in [0.15, 0.2) is 11.1 Å². The van der Waals surface area contributed by atoms with Gasteiger partial charge in [-0.2, -0.15) is 0 Å². The number of amides is 2. The zero-order valence-corrected chi connectivity index (χ0v) is 12.1. The van der Waals surface area contributed by atoms with E-state index in [1.807, 2.05) is 6.08 Å². The summed E-state index contributed by atoms with van der Waals surface area (Å²) in [7, 11) is 0. The van der Waals surface area contributed by atoms with E-state index in [-0.39, 0.29) is 23.7 Å². The number of allylic oxidation sites excluding steroid dienone is 2. The molecule has 1 aliphatic carbocycles. The standard InChI is InChI=1S/C14H19ClN2O3/c15-10-1-2-11-12(9-10)14(19)17(13(11)18)4-3-16-5-7-20-8-6-16/h1,11-12H,2-9H2/t11-,12-/m1/s1. The molecule has 0 aromatic rings. The first-order valence-electron chi connectivity index (χ1n) is 7.16. The Morgan fingerprint density at radius 3 is 2.60 bits per heavy atom. The quantitative estimate of drug-likeness (QED) is 0.725. The van der Waals surface area contributed by atoms with Crippen LogP contribution in [-0.2, 0) is 14.3 Å². The summed E-state index contributed by atoms with van der Waals surface area (Å²) in [4.78, 5) is 28.3. The molecular weight excluding hydrogens is 280 g/mol. The van der Waals surface area contributed by atoms with Gasteiger partial charge in [0.1, 0.15) is 0 Å². The molecular formula is C14H19ClN2O3. The van der Waals surface area contributed by atoms with Crippen LogP contribution in [0.3, 0.4) is 0 Å². The number of hydrogen-bond acceptors (Lipinski definition) is 4. The zero-order chi connectivity index (χ0) is 14.1. The lowest BCUT2D eigenvalue weighted by molar-refractivity contribution is -0.140. The summed E-state index contributed by atoms with van der Waals surface area (Å²) in [5.41, 5.74) is 0. The second-order valence-electron chi connectivity index (χ2n) is 5.59. The summed E-state index contributed by atoms with van der Waals surface area (Å²) in [5.74, 6) is -0.479. The van der Waals surface area contributed by atoms with E-state index in [1.165, 1.54) is 4.90 Å². The minimum Gasteiger partial charge on any atom is -0.379 e. The summed E-state index contributed by atoms with van der Waals surface area (Å²) >= 11 is 6.00. The van der Waals surface area contributed by atoms with Crippen molar-refractivity contribution in [3.63, 3.8) is 0 Å². The van der Waals surface area contributed by atoms with Gasteiger partial charge in [0.2, 0.25) is 11.8 Å². The number of nitrogens with zero attached hydrogens (tertiary/aromatic N) is 2. The summed E-state index contributed by atoms with van der Waals surface area (Å²) in [6.45, 7) is 4.43. The zero-order valence-electron chi connectivity index (χ0n) is 11.4. The van der Waals surface area contributed by atoms with E-state index in [1.54, 1.807) is 0 Å². The minimum absolute atomic E-state index is 0.0197. The largest absolute Gasteiger partial charge is 0.379 e. The van der Waals surface area contributed by atoms with Gasteiger partial charge in [-0.05, 0) is 12.8 Å². The van der Waals surface area contributed by atoms with Gasteiger partial charge >= 0.3 is 0 Å². The number of imide groups is 1. The van der Waals surface area contributed by atoms with E-state index in [2.05, 4.69) is 4.90 Å². The molecule has 20 heavy (non-hydrogen) atoms. The molecule has 0 N–H and O–H groups in total. The van der Waals surface area contributed by atoms with Crippen molar-refractivity contribution in [2.24, 2.45) is 11.8 Å². The highest BCUT2D eigenvalue weighted by Crippen LogP contribution is 2.38. The molecule has 6 heteroatoms. The number of ether oxygens (including phenoxy) is 1. The number of carbonyl (C=O) groups excluding carboxylic acids is 2. The Labute approximate surface area is 123 Å². The Kier molecular flexibility index (Phi) is 4.10. The van der Waals surface area contributed by atoms with Crippen LogP contribution in [0, 0.1) is 11.8 Å². The molecule has 2 saturated heterocycles. The van der Waals surface area contributed by atoms with Gasteiger partial charge in [0.25, 0.3) is 0 Å². The highest BCUT2D eigenvalue weighted by atomic mass is 35.5. The van der Waals surface area contributed by atoms with Crippen molar-refractivity contribution in [2.75, 3.05) is 39.4 Å².